The molecule has 0 bridgehead atoms. The number of nitrogens with zero attached hydrogens (tertiary/aromatic N) is 2. The molecule has 23 heavy (non-hydrogen) atoms. The predicted molar refractivity (Wildman–Crippen MR) is 89.9 cm³/mol. The average Bonchev–Trinajstić information content (AvgIpc) is 2.63. The zero-order valence-corrected chi connectivity index (χ0v) is 13.9. The SMILES string of the molecule is CCCC1COC(c2ccc(-c3ncc(CC)cn3)cc2)OC1. The Morgan fingerprint density at radius 3 is 2.22 bits per heavy atom. The number of benzene rings is 1. The summed E-state index contributed by atoms with van der Waals surface area (Å²) in [5.74, 6) is 1.28. The number of aryl methyl sites for hydroxylation is 1. The second kappa shape index (κ2) is 7.66. The van der Waals surface area contributed by atoms with Gasteiger partial charge in [0.25, 0.3) is 0 Å². The molecule has 2 heterocycles. The van der Waals surface area contributed by atoms with E-state index in [0.717, 1.165) is 48.6 Å². The van der Waals surface area contributed by atoms with Crippen molar-refractivity contribution in [3.63, 3.8) is 0 Å². The van der Waals surface area contributed by atoms with Gasteiger partial charge in [0.2, 0.25) is 0 Å². The number of hydrogen-bond acceptors (Lipinski definition) is 4. The minimum atomic E-state index is -0.249. The molecule has 1 aliphatic heterocycles. The van der Waals surface area contributed by atoms with Gasteiger partial charge >= 0.3 is 0 Å². The molecular weight excluding hydrogens is 288 g/mol. The van der Waals surface area contributed by atoms with Crippen molar-refractivity contribution in [3.05, 3.63) is 47.8 Å². The summed E-state index contributed by atoms with van der Waals surface area (Å²) < 4.78 is 11.7. The summed E-state index contributed by atoms with van der Waals surface area (Å²) in [7, 11) is 0. The molecule has 0 aliphatic carbocycles. The quantitative estimate of drug-likeness (QED) is 0.831. The van der Waals surface area contributed by atoms with Crippen molar-refractivity contribution in [3.8, 4) is 11.4 Å². The van der Waals surface area contributed by atoms with E-state index in [1.165, 1.54) is 6.42 Å². The highest BCUT2D eigenvalue weighted by Crippen LogP contribution is 2.28. The van der Waals surface area contributed by atoms with Gasteiger partial charge in [-0.15, -0.1) is 0 Å². The normalized spacial score (nSPS) is 21.3. The summed E-state index contributed by atoms with van der Waals surface area (Å²) >= 11 is 0. The fourth-order valence-corrected chi connectivity index (χ4v) is 2.79. The Morgan fingerprint density at radius 2 is 1.65 bits per heavy atom. The molecule has 122 valence electrons. The van der Waals surface area contributed by atoms with Gasteiger partial charge in [0.1, 0.15) is 0 Å². The van der Waals surface area contributed by atoms with Crippen LogP contribution in [-0.4, -0.2) is 23.2 Å². The van der Waals surface area contributed by atoms with Gasteiger partial charge in [0.05, 0.1) is 13.2 Å². The maximum Gasteiger partial charge on any atom is 0.183 e. The van der Waals surface area contributed by atoms with Crippen LogP contribution in [0, 0.1) is 5.92 Å². The van der Waals surface area contributed by atoms with Gasteiger partial charge in [0, 0.05) is 29.4 Å². The highest BCUT2D eigenvalue weighted by atomic mass is 16.7. The first-order valence-corrected chi connectivity index (χ1v) is 8.44. The minimum Gasteiger partial charge on any atom is -0.348 e. The molecule has 0 radical (unpaired) electrons. The fourth-order valence-electron chi connectivity index (χ4n) is 2.79. The van der Waals surface area contributed by atoms with Gasteiger partial charge in [0.15, 0.2) is 12.1 Å². The van der Waals surface area contributed by atoms with Crippen LogP contribution >= 0.6 is 0 Å². The Bertz CT molecular complexity index is 602. The van der Waals surface area contributed by atoms with E-state index in [1.54, 1.807) is 0 Å². The van der Waals surface area contributed by atoms with Crippen molar-refractivity contribution in [1.29, 1.82) is 0 Å². The summed E-state index contributed by atoms with van der Waals surface area (Å²) in [4.78, 5) is 8.84. The maximum absolute atomic E-state index is 5.85. The molecule has 0 atom stereocenters. The summed E-state index contributed by atoms with van der Waals surface area (Å²) in [6, 6.07) is 8.14. The van der Waals surface area contributed by atoms with Crippen LogP contribution in [0.1, 0.15) is 44.1 Å². The first-order valence-electron chi connectivity index (χ1n) is 8.44. The van der Waals surface area contributed by atoms with Crippen molar-refractivity contribution in [1.82, 2.24) is 9.97 Å². The van der Waals surface area contributed by atoms with Gasteiger partial charge in [-0.1, -0.05) is 44.5 Å². The zero-order chi connectivity index (χ0) is 16.1. The molecule has 4 heteroatoms. The molecule has 0 saturated carbocycles. The molecule has 1 aromatic carbocycles. The Kier molecular flexibility index (Phi) is 5.36. The third-order valence-electron chi connectivity index (χ3n) is 4.22. The van der Waals surface area contributed by atoms with E-state index in [-0.39, 0.29) is 6.29 Å². The molecule has 1 fully saturated rings. The second-order valence-corrected chi connectivity index (χ2v) is 6.04. The lowest BCUT2D eigenvalue weighted by molar-refractivity contribution is -0.206. The Hall–Kier alpha value is -1.78. The summed E-state index contributed by atoms with van der Waals surface area (Å²) in [6.45, 7) is 5.85. The summed E-state index contributed by atoms with van der Waals surface area (Å²) in [6.07, 6.45) is 6.81. The lowest BCUT2D eigenvalue weighted by Gasteiger charge is -2.29. The molecule has 3 rings (SSSR count). The highest BCUT2D eigenvalue weighted by Gasteiger charge is 2.22. The van der Waals surface area contributed by atoms with Crippen molar-refractivity contribution >= 4 is 0 Å². The molecule has 4 nitrogen and oxygen atoms in total. The predicted octanol–water partition coefficient (Wildman–Crippen LogP) is 4.17. The number of rotatable bonds is 5. The monoisotopic (exact) mass is 312 g/mol. The van der Waals surface area contributed by atoms with E-state index < -0.39 is 0 Å². The fraction of sp³-hybridized carbons (Fsp3) is 0.474. The molecular formula is C19H24N2O2. The Labute approximate surface area is 137 Å². The maximum atomic E-state index is 5.85. The van der Waals surface area contributed by atoms with Crippen molar-refractivity contribution < 1.29 is 9.47 Å². The standard InChI is InChI=1S/C19H24N2O2/c1-3-5-15-12-22-19(23-13-15)17-8-6-16(7-9-17)18-20-10-14(4-2)11-21-18/h6-11,15,19H,3-5,12-13H2,1-2H3. The van der Waals surface area contributed by atoms with Crippen LogP contribution in [0.4, 0.5) is 0 Å². The first-order chi connectivity index (χ1) is 11.3. The second-order valence-electron chi connectivity index (χ2n) is 6.04. The number of hydrogen-bond donors (Lipinski definition) is 0. The number of aromatic nitrogens is 2. The van der Waals surface area contributed by atoms with Crippen LogP contribution < -0.4 is 0 Å². The molecule has 0 amide bonds. The lowest BCUT2D eigenvalue weighted by atomic mass is 10.0. The van der Waals surface area contributed by atoms with Crippen LogP contribution in [0.5, 0.6) is 0 Å². The largest absolute Gasteiger partial charge is 0.348 e. The van der Waals surface area contributed by atoms with E-state index in [4.69, 9.17) is 9.47 Å². The molecule has 1 saturated heterocycles. The van der Waals surface area contributed by atoms with E-state index in [9.17, 15) is 0 Å². The van der Waals surface area contributed by atoms with E-state index in [2.05, 4.69) is 23.8 Å². The van der Waals surface area contributed by atoms with Gasteiger partial charge in [-0.2, -0.15) is 0 Å². The van der Waals surface area contributed by atoms with Gasteiger partial charge < -0.3 is 9.47 Å². The Balaban J connectivity index is 1.65. The van der Waals surface area contributed by atoms with E-state index in [1.807, 2.05) is 36.7 Å². The van der Waals surface area contributed by atoms with Gasteiger partial charge in [-0.3, -0.25) is 0 Å². The van der Waals surface area contributed by atoms with Gasteiger partial charge in [-0.05, 0) is 18.4 Å². The third kappa shape index (κ3) is 3.95. The first kappa shape index (κ1) is 16.1. The molecule has 0 N–H and O–H groups in total. The summed E-state index contributed by atoms with van der Waals surface area (Å²) in [5, 5.41) is 0. The molecule has 2 aromatic rings. The summed E-state index contributed by atoms with van der Waals surface area (Å²) in [5.41, 5.74) is 3.21. The molecule has 0 spiro atoms. The van der Waals surface area contributed by atoms with Crippen LogP contribution in [-0.2, 0) is 15.9 Å². The van der Waals surface area contributed by atoms with E-state index >= 15 is 0 Å². The molecule has 0 unspecified atom stereocenters. The van der Waals surface area contributed by atoms with Crippen molar-refractivity contribution in [2.45, 2.75) is 39.4 Å². The minimum absolute atomic E-state index is 0.249. The van der Waals surface area contributed by atoms with Gasteiger partial charge in [-0.25, -0.2) is 9.97 Å². The number of ether oxygens (including phenoxy) is 2. The van der Waals surface area contributed by atoms with Crippen LogP contribution in [0.3, 0.4) is 0 Å². The highest BCUT2D eigenvalue weighted by molar-refractivity contribution is 5.55. The third-order valence-corrected chi connectivity index (χ3v) is 4.22. The lowest BCUT2D eigenvalue weighted by Crippen LogP contribution is -2.26. The zero-order valence-electron chi connectivity index (χ0n) is 13.9. The van der Waals surface area contributed by atoms with Crippen molar-refractivity contribution in [2.24, 2.45) is 5.92 Å². The average molecular weight is 312 g/mol. The van der Waals surface area contributed by atoms with E-state index in [0.29, 0.717) is 5.92 Å². The van der Waals surface area contributed by atoms with Crippen LogP contribution in [0.2, 0.25) is 0 Å². The Morgan fingerprint density at radius 1 is 1.00 bits per heavy atom. The molecule has 1 aliphatic rings. The topological polar surface area (TPSA) is 44.2 Å². The molecule has 1 aromatic heterocycles. The van der Waals surface area contributed by atoms with Crippen molar-refractivity contribution in [2.75, 3.05) is 13.2 Å². The smallest absolute Gasteiger partial charge is 0.183 e. The van der Waals surface area contributed by atoms with Crippen LogP contribution in [0.15, 0.2) is 36.7 Å². The van der Waals surface area contributed by atoms with Crippen LogP contribution in [0.25, 0.3) is 11.4 Å².